The highest BCUT2D eigenvalue weighted by molar-refractivity contribution is 6.09. The van der Waals surface area contributed by atoms with Crippen molar-refractivity contribution in [1.29, 1.82) is 0 Å². The number of benzene rings is 2. The number of hydrogen-bond donors (Lipinski definition) is 0. The van der Waals surface area contributed by atoms with Crippen LogP contribution in [-0.4, -0.2) is 19.4 Å². The van der Waals surface area contributed by atoms with Crippen molar-refractivity contribution in [2.24, 2.45) is 0 Å². The highest BCUT2D eigenvalue weighted by Crippen LogP contribution is 2.47. The second kappa shape index (κ2) is 5.35. The predicted molar refractivity (Wildman–Crippen MR) is 122 cm³/mol. The molecule has 2 aliphatic carbocycles. The molecule has 0 saturated carbocycles. The lowest BCUT2D eigenvalue weighted by Crippen LogP contribution is -1.97. The monoisotopic (exact) mass is 396 g/mol. The zero-order valence-corrected chi connectivity index (χ0v) is 16.6. The maximum absolute atomic E-state index is 5.13. The fraction of sp³-hybridized carbons (Fsp3) is 0.0741. The summed E-state index contributed by atoms with van der Waals surface area (Å²) in [5, 5.41) is 1.05. The van der Waals surface area contributed by atoms with E-state index in [1.54, 1.807) is 0 Å². The lowest BCUT2D eigenvalue weighted by atomic mass is 9.97. The largest absolute Gasteiger partial charge is 0.289 e. The summed E-state index contributed by atoms with van der Waals surface area (Å²) >= 11 is 0. The van der Waals surface area contributed by atoms with Gasteiger partial charge in [0.2, 0.25) is 0 Å². The van der Waals surface area contributed by atoms with Crippen LogP contribution in [-0.2, 0) is 12.8 Å². The first kappa shape index (κ1) is 15.7. The van der Waals surface area contributed by atoms with Crippen molar-refractivity contribution >= 4 is 27.6 Å². The maximum atomic E-state index is 5.13. The van der Waals surface area contributed by atoms with Crippen molar-refractivity contribution in [3.05, 3.63) is 95.4 Å². The molecule has 8 rings (SSSR count). The second-order valence-electron chi connectivity index (χ2n) is 8.47. The molecule has 0 amide bonds. The molecule has 0 saturated heterocycles. The van der Waals surface area contributed by atoms with Crippen LogP contribution >= 0.6 is 0 Å². The molecule has 0 bridgehead atoms. The SMILES string of the molecule is c1ccc2c(c1)Cc1c-2ccc2c1Cc1nc3c4ncccc4c4ncccc4n3c1-2. The Kier molecular flexibility index (Phi) is 2.72. The van der Waals surface area contributed by atoms with Crippen molar-refractivity contribution in [2.75, 3.05) is 0 Å². The molecule has 4 heteroatoms. The van der Waals surface area contributed by atoms with E-state index in [0.29, 0.717) is 0 Å². The van der Waals surface area contributed by atoms with Crippen LogP contribution in [0.3, 0.4) is 0 Å². The van der Waals surface area contributed by atoms with Crippen molar-refractivity contribution in [3.63, 3.8) is 0 Å². The third-order valence-corrected chi connectivity index (χ3v) is 6.96. The van der Waals surface area contributed by atoms with Crippen molar-refractivity contribution in [3.8, 4) is 22.4 Å². The molecule has 0 atom stereocenters. The smallest absolute Gasteiger partial charge is 0.164 e. The van der Waals surface area contributed by atoms with Crippen LogP contribution in [0.25, 0.3) is 50.0 Å². The van der Waals surface area contributed by atoms with Gasteiger partial charge < -0.3 is 0 Å². The fourth-order valence-corrected chi connectivity index (χ4v) is 5.68. The lowest BCUT2D eigenvalue weighted by molar-refractivity contribution is 1.12. The van der Waals surface area contributed by atoms with Gasteiger partial charge in [0.25, 0.3) is 0 Å². The zero-order chi connectivity index (χ0) is 20.1. The molecule has 4 heterocycles. The summed E-state index contributed by atoms with van der Waals surface area (Å²) in [4.78, 5) is 14.5. The lowest BCUT2D eigenvalue weighted by Gasteiger charge is -2.11. The average Bonchev–Trinajstić information content (AvgIpc) is 3.48. The first-order chi connectivity index (χ1) is 15.4. The first-order valence-corrected chi connectivity index (χ1v) is 10.6. The fourth-order valence-electron chi connectivity index (χ4n) is 5.68. The summed E-state index contributed by atoms with van der Waals surface area (Å²) in [5.74, 6) is 0. The molecular formula is C27H16N4. The van der Waals surface area contributed by atoms with E-state index in [2.05, 4.69) is 57.9 Å². The minimum atomic E-state index is 0.875. The van der Waals surface area contributed by atoms with Gasteiger partial charge in [0.15, 0.2) is 5.65 Å². The number of fused-ring (bicyclic) bond motifs is 14. The molecule has 0 N–H and O–H groups in total. The minimum absolute atomic E-state index is 0.875. The highest BCUT2D eigenvalue weighted by Gasteiger charge is 2.32. The molecule has 2 aliphatic rings. The Bertz CT molecular complexity index is 1740. The summed E-state index contributed by atoms with van der Waals surface area (Å²) in [5.41, 5.74) is 14.6. The van der Waals surface area contributed by atoms with E-state index in [9.17, 15) is 0 Å². The van der Waals surface area contributed by atoms with E-state index in [1.165, 1.54) is 39.1 Å². The van der Waals surface area contributed by atoms with Crippen molar-refractivity contribution < 1.29 is 0 Å². The summed E-state index contributed by atoms with van der Waals surface area (Å²) in [6.45, 7) is 0. The molecule has 0 unspecified atom stereocenters. The molecule has 6 aromatic rings. The van der Waals surface area contributed by atoms with E-state index in [0.717, 1.165) is 46.1 Å². The van der Waals surface area contributed by atoms with E-state index < -0.39 is 0 Å². The summed E-state index contributed by atoms with van der Waals surface area (Å²) in [6, 6.07) is 21.6. The van der Waals surface area contributed by atoms with Crippen LogP contribution in [0.1, 0.15) is 22.4 Å². The van der Waals surface area contributed by atoms with Gasteiger partial charge >= 0.3 is 0 Å². The second-order valence-corrected chi connectivity index (χ2v) is 8.47. The average molecular weight is 396 g/mol. The van der Waals surface area contributed by atoms with Crippen LogP contribution in [0.2, 0.25) is 0 Å². The minimum Gasteiger partial charge on any atom is -0.289 e. The Morgan fingerprint density at radius 1 is 0.677 bits per heavy atom. The molecule has 4 nitrogen and oxygen atoms in total. The normalized spacial score (nSPS) is 13.5. The standard InChI is InChI=1S/C27H16N4/c1-2-6-16-15(5-1)13-20-17(16)9-10-18-21(20)14-22-26(18)31-23-8-4-12-28-24(23)19-7-3-11-29-25(19)27(31)30-22/h1-12H,13-14H2. The number of rotatable bonds is 0. The van der Waals surface area contributed by atoms with E-state index in [1.807, 2.05) is 24.5 Å². The van der Waals surface area contributed by atoms with Crippen LogP contribution in [0.5, 0.6) is 0 Å². The molecule has 0 radical (unpaired) electrons. The highest BCUT2D eigenvalue weighted by atomic mass is 15.1. The van der Waals surface area contributed by atoms with E-state index in [-0.39, 0.29) is 0 Å². The summed E-state index contributed by atoms with van der Waals surface area (Å²) in [6.07, 6.45) is 5.58. The quantitative estimate of drug-likeness (QED) is 0.315. The van der Waals surface area contributed by atoms with Gasteiger partial charge in [-0.2, -0.15) is 0 Å². The third-order valence-electron chi connectivity index (χ3n) is 6.96. The Morgan fingerprint density at radius 2 is 1.48 bits per heavy atom. The maximum Gasteiger partial charge on any atom is 0.164 e. The van der Waals surface area contributed by atoms with Gasteiger partial charge in [0.1, 0.15) is 5.52 Å². The third kappa shape index (κ3) is 1.84. The van der Waals surface area contributed by atoms with Crippen LogP contribution < -0.4 is 0 Å². The number of nitrogens with zero attached hydrogens (tertiary/aromatic N) is 4. The van der Waals surface area contributed by atoms with Gasteiger partial charge in [0, 0.05) is 29.8 Å². The predicted octanol–water partition coefficient (Wildman–Crippen LogP) is 5.57. The van der Waals surface area contributed by atoms with Crippen molar-refractivity contribution in [2.45, 2.75) is 12.8 Å². The van der Waals surface area contributed by atoms with Gasteiger partial charge in [-0.1, -0.05) is 36.4 Å². The Labute approximate surface area is 177 Å². The van der Waals surface area contributed by atoms with Gasteiger partial charge in [-0.3, -0.25) is 14.4 Å². The van der Waals surface area contributed by atoms with Crippen LogP contribution in [0, 0.1) is 0 Å². The Morgan fingerprint density at radius 3 is 2.45 bits per heavy atom. The van der Waals surface area contributed by atoms with Gasteiger partial charge in [-0.25, -0.2) is 4.98 Å². The number of imidazole rings is 1. The van der Waals surface area contributed by atoms with E-state index in [4.69, 9.17) is 9.97 Å². The van der Waals surface area contributed by atoms with Gasteiger partial charge in [0.05, 0.1) is 22.4 Å². The molecular weight excluding hydrogens is 380 g/mol. The summed E-state index contributed by atoms with van der Waals surface area (Å²) in [7, 11) is 0. The Balaban J connectivity index is 1.49. The number of hydrogen-bond acceptors (Lipinski definition) is 3. The Hall–Kier alpha value is -4.05. The molecule has 31 heavy (non-hydrogen) atoms. The topological polar surface area (TPSA) is 43.1 Å². The first-order valence-electron chi connectivity index (χ1n) is 10.6. The molecule has 4 aromatic heterocycles. The van der Waals surface area contributed by atoms with Crippen molar-refractivity contribution in [1.82, 2.24) is 19.4 Å². The molecule has 144 valence electrons. The van der Waals surface area contributed by atoms with Crippen LogP contribution in [0.4, 0.5) is 0 Å². The molecule has 2 aromatic carbocycles. The number of aromatic nitrogens is 4. The van der Waals surface area contributed by atoms with Gasteiger partial charge in [-0.15, -0.1) is 0 Å². The van der Waals surface area contributed by atoms with Crippen LogP contribution in [0.15, 0.2) is 73.1 Å². The molecule has 0 spiro atoms. The summed E-state index contributed by atoms with van der Waals surface area (Å²) < 4.78 is 2.29. The number of pyridine rings is 3. The molecule has 0 fully saturated rings. The van der Waals surface area contributed by atoms with E-state index >= 15 is 0 Å². The molecule has 0 aliphatic heterocycles. The van der Waals surface area contributed by atoms with Gasteiger partial charge in [-0.05, 0) is 58.5 Å². The zero-order valence-electron chi connectivity index (χ0n) is 16.6.